The number of hydrogen-bond acceptors (Lipinski definition) is 6. The van der Waals surface area contributed by atoms with Crippen molar-refractivity contribution in [3.8, 4) is 0 Å². The van der Waals surface area contributed by atoms with Gasteiger partial charge in [-0.2, -0.15) is 9.61 Å². The number of piperidine rings is 1. The standard InChI is InChI=1S/C14H21N5OS/c1-3-10(9-15-7-1)5-6-12-18-19-13(11-4-2-8-20-11)16-17-14(19)21-12/h10-11,15H,1-9H2. The molecular formula is C14H21N5OS. The summed E-state index contributed by atoms with van der Waals surface area (Å²) in [5.41, 5.74) is 0. The Morgan fingerprint density at radius 2 is 2.29 bits per heavy atom. The van der Waals surface area contributed by atoms with Crippen molar-refractivity contribution in [3.05, 3.63) is 10.8 Å². The molecule has 4 heterocycles. The molecule has 0 aliphatic carbocycles. The minimum Gasteiger partial charge on any atom is -0.370 e. The van der Waals surface area contributed by atoms with Crippen LogP contribution in [0.4, 0.5) is 0 Å². The van der Waals surface area contributed by atoms with Gasteiger partial charge in [0, 0.05) is 13.0 Å². The van der Waals surface area contributed by atoms with Crippen LogP contribution in [-0.2, 0) is 11.2 Å². The lowest BCUT2D eigenvalue weighted by Crippen LogP contribution is -2.29. The Hall–Kier alpha value is -1.05. The fraction of sp³-hybridized carbons (Fsp3) is 0.786. The van der Waals surface area contributed by atoms with Crippen molar-refractivity contribution in [3.63, 3.8) is 0 Å². The monoisotopic (exact) mass is 307 g/mol. The molecule has 0 radical (unpaired) electrons. The number of nitrogens with one attached hydrogen (secondary N) is 1. The van der Waals surface area contributed by atoms with Gasteiger partial charge in [0.25, 0.3) is 0 Å². The zero-order valence-corrected chi connectivity index (χ0v) is 12.9. The van der Waals surface area contributed by atoms with Crippen LogP contribution in [0.1, 0.15) is 49.0 Å². The van der Waals surface area contributed by atoms with E-state index in [1.54, 1.807) is 11.3 Å². The highest BCUT2D eigenvalue weighted by Gasteiger charge is 2.25. The SMILES string of the molecule is C1CNCC(CCc2nn3c(C4CCCO4)nnc3s2)C1. The van der Waals surface area contributed by atoms with Gasteiger partial charge in [-0.05, 0) is 51.1 Å². The number of aryl methyl sites for hydroxylation is 1. The third-order valence-corrected chi connectivity index (χ3v) is 5.40. The fourth-order valence-corrected chi connectivity index (χ4v) is 4.11. The number of aromatic nitrogens is 4. The Morgan fingerprint density at radius 3 is 3.10 bits per heavy atom. The summed E-state index contributed by atoms with van der Waals surface area (Å²) in [6, 6.07) is 0. The Morgan fingerprint density at radius 1 is 1.29 bits per heavy atom. The molecular weight excluding hydrogens is 286 g/mol. The van der Waals surface area contributed by atoms with Crippen LogP contribution in [0.3, 0.4) is 0 Å². The van der Waals surface area contributed by atoms with Gasteiger partial charge in [0.1, 0.15) is 11.1 Å². The first-order valence-electron chi connectivity index (χ1n) is 7.93. The van der Waals surface area contributed by atoms with E-state index in [1.807, 2.05) is 4.52 Å². The molecule has 7 heteroatoms. The quantitative estimate of drug-likeness (QED) is 0.935. The van der Waals surface area contributed by atoms with E-state index in [-0.39, 0.29) is 6.10 Å². The molecule has 2 aliphatic rings. The molecule has 114 valence electrons. The highest BCUT2D eigenvalue weighted by Crippen LogP contribution is 2.29. The van der Waals surface area contributed by atoms with Gasteiger partial charge < -0.3 is 10.1 Å². The summed E-state index contributed by atoms with van der Waals surface area (Å²) >= 11 is 1.67. The number of ether oxygens (including phenoxy) is 1. The first-order valence-corrected chi connectivity index (χ1v) is 8.75. The molecule has 2 fully saturated rings. The van der Waals surface area contributed by atoms with E-state index < -0.39 is 0 Å². The van der Waals surface area contributed by atoms with Crippen molar-refractivity contribution >= 4 is 16.3 Å². The van der Waals surface area contributed by atoms with Gasteiger partial charge in [0.2, 0.25) is 4.96 Å². The lowest BCUT2D eigenvalue weighted by molar-refractivity contribution is 0.103. The topological polar surface area (TPSA) is 64.3 Å². The minimum absolute atomic E-state index is 0.0810. The number of fused-ring (bicyclic) bond motifs is 1. The van der Waals surface area contributed by atoms with Crippen LogP contribution >= 0.6 is 11.3 Å². The van der Waals surface area contributed by atoms with Crippen LogP contribution in [0.2, 0.25) is 0 Å². The fourth-order valence-electron chi connectivity index (χ4n) is 3.25. The van der Waals surface area contributed by atoms with E-state index in [0.717, 1.165) is 49.1 Å². The summed E-state index contributed by atoms with van der Waals surface area (Å²) in [7, 11) is 0. The van der Waals surface area contributed by atoms with Gasteiger partial charge in [-0.15, -0.1) is 10.2 Å². The predicted octanol–water partition coefficient (Wildman–Crippen LogP) is 1.97. The second-order valence-corrected chi connectivity index (χ2v) is 7.04. The smallest absolute Gasteiger partial charge is 0.234 e. The first-order chi connectivity index (χ1) is 10.4. The Bertz CT molecular complexity index is 598. The maximum atomic E-state index is 5.70. The van der Waals surface area contributed by atoms with E-state index in [0.29, 0.717) is 0 Å². The second-order valence-electron chi connectivity index (χ2n) is 6.00. The average Bonchev–Trinajstić information content (AvgIpc) is 3.22. The minimum atomic E-state index is 0.0810. The molecule has 2 atom stereocenters. The molecule has 21 heavy (non-hydrogen) atoms. The molecule has 2 unspecified atom stereocenters. The molecule has 0 spiro atoms. The van der Waals surface area contributed by atoms with Crippen LogP contribution < -0.4 is 5.32 Å². The Labute approximate surface area is 127 Å². The van der Waals surface area contributed by atoms with E-state index >= 15 is 0 Å². The maximum absolute atomic E-state index is 5.70. The van der Waals surface area contributed by atoms with Crippen molar-refractivity contribution in [2.45, 2.75) is 44.6 Å². The number of nitrogens with zero attached hydrogens (tertiary/aromatic N) is 4. The van der Waals surface area contributed by atoms with E-state index in [1.165, 1.54) is 30.8 Å². The van der Waals surface area contributed by atoms with Crippen LogP contribution in [0.5, 0.6) is 0 Å². The van der Waals surface area contributed by atoms with E-state index in [2.05, 4.69) is 15.5 Å². The van der Waals surface area contributed by atoms with Gasteiger partial charge in [-0.25, -0.2) is 0 Å². The zero-order valence-electron chi connectivity index (χ0n) is 12.1. The van der Waals surface area contributed by atoms with Crippen LogP contribution in [0.15, 0.2) is 0 Å². The third kappa shape index (κ3) is 2.82. The van der Waals surface area contributed by atoms with Crippen molar-refractivity contribution in [1.82, 2.24) is 25.1 Å². The van der Waals surface area contributed by atoms with Gasteiger partial charge in [0.05, 0.1) is 0 Å². The van der Waals surface area contributed by atoms with Gasteiger partial charge in [0.15, 0.2) is 5.82 Å². The largest absolute Gasteiger partial charge is 0.370 e. The van der Waals surface area contributed by atoms with Crippen LogP contribution in [0, 0.1) is 5.92 Å². The molecule has 2 aromatic rings. The highest BCUT2D eigenvalue weighted by atomic mass is 32.1. The van der Waals surface area contributed by atoms with Crippen molar-refractivity contribution in [2.75, 3.05) is 19.7 Å². The third-order valence-electron chi connectivity index (χ3n) is 4.44. The Balaban J connectivity index is 1.46. The second kappa shape index (κ2) is 5.98. The summed E-state index contributed by atoms with van der Waals surface area (Å²) in [4.78, 5) is 0.900. The van der Waals surface area contributed by atoms with Crippen LogP contribution in [0.25, 0.3) is 4.96 Å². The first kappa shape index (κ1) is 13.6. The molecule has 0 amide bonds. The number of hydrogen-bond donors (Lipinski definition) is 1. The molecule has 6 nitrogen and oxygen atoms in total. The zero-order chi connectivity index (χ0) is 14.1. The normalized spacial score (nSPS) is 26.7. The molecule has 2 saturated heterocycles. The van der Waals surface area contributed by atoms with Gasteiger partial charge >= 0.3 is 0 Å². The number of rotatable bonds is 4. The predicted molar refractivity (Wildman–Crippen MR) is 80.5 cm³/mol. The van der Waals surface area contributed by atoms with E-state index in [9.17, 15) is 0 Å². The van der Waals surface area contributed by atoms with Gasteiger partial charge in [-0.1, -0.05) is 11.3 Å². The lowest BCUT2D eigenvalue weighted by Gasteiger charge is -2.21. The highest BCUT2D eigenvalue weighted by molar-refractivity contribution is 7.16. The molecule has 2 aromatic heterocycles. The molecule has 1 N–H and O–H groups in total. The van der Waals surface area contributed by atoms with E-state index in [4.69, 9.17) is 9.84 Å². The van der Waals surface area contributed by atoms with Crippen molar-refractivity contribution < 1.29 is 4.74 Å². The molecule has 4 rings (SSSR count). The summed E-state index contributed by atoms with van der Waals surface area (Å²) in [5, 5.41) is 17.9. The summed E-state index contributed by atoms with van der Waals surface area (Å²) in [6.45, 7) is 3.16. The van der Waals surface area contributed by atoms with Crippen molar-refractivity contribution in [2.24, 2.45) is 5.92 Å². The average molecular weight is 307 g/mol. The molecule has 2 aliphatic heterocycles. The summed E-state index contributed by atoms with van der Waals surface area (Å²) in [6.07, 6.45) is 7.12. The summed E-state index contributed by atoms with van der Waals surface area (Å²) < 4.78 is 7.60. The van der Waals surface area contributed by atoms with Gasteiger partial charge in [-0.3, -0.25) is 0 Å². The maximum Gasteiger partial charge on any atom is 0.234 e. The molecule has 0 aromatic carbocycles. The lowest BCUT2D eigenvalue weighted by atomic mass is 9.95. The van der Waals surface area contributed by atoms with Crippen molar-refractivity contribution in [1.29, 1.82) is 0 Å². The Kier molecular flexibility index (Phi) is 3.87. The molecule has 0 bridgehead atoms. The van der Waals surface area contributed by atoms with Crippen LogP contribution in [-0.4, -0.2) is 39.5 Å². The summed E-state index contributed by atoms with van der Waals surface area (Å²) in [5.74, 6) is 1.68. The molecule has 0 saturated carbocycles.